The highest BCUT2D eigenvalue weighted by atomic mass is 16.4. The highest BCUT2D eigenvalue weighted by Gasteiger charge is 2.49. The largest absolute Gasteiger partial charge is 0.480 e. The summed E-state index contributed by atoms with van der Waals surface area (Å²) in [5, 5.41) is 8.99. The lowest BCUT2D eigenvalue weighted by Crippen LogP contribution is -2.44. The van der Waals surface area contributed by atoms with Gasteiger partial charge in [0, 0.05) is 6.54 Å². The minimum atomic E-state index is -1.19. The van der Waals surface area contributed by atoms with Gasteiger partial charge in [-0.2, -0.15) is 0 Å². The fourth-order valence-electron chi connectivity index (χ4n) is 2.20. The van der Waals surface area contributed by atoms with Crippen molar-refractivity contribution >= 4 is 17.9 Å². The Kier molecular flexibility index (Phi) is 4.69. The predicted octanol–water partition coefficient (Wildman–Crippen LogP) is 1.32. The molecule has 3 atom stereocenters. The SMILES string of the molecule is C=CCN1C(=O)N(C(C)C(=O)O)C(=O)C1C(C)CC. The van der Waals surface area contributed by atoms with Crippen LogP contribution in [0.5, 0.6) is 0 Å². The molecule has 1 rings (SSSR count). The second kappa shape index (κ2) is 5.86. The Balaban J connectivity index is 3.12. The molecule has 19 heavy (non-hydrogen) atoms. The maximum absolute atomic E-state index is 12.3. The van der Waals surface area contributed by atoms with Gasteiger partial charge in [-0.25, -0.2) is 14.5 Å². The minimum Gasteiger partial charge on any atom is -0.480 e. The highest BCUT2D eigenvalue weighted by molar-refractivity contribution is 6.07. The summed E-state index contributed by atoms with van der Waals surface area (Å²) in [4.78, 5) is 37.7. The Morgan fingerprint density at radius 2 is 2.05 bits per heavy atom. The zero-order valence-corrected chi connectivity index (χ0v) is 11.5. The smallest absolute Gasteiger partial charge is 0.328 e. The van der Waals surface area contributed by atoms with Gasteiger partial charge in [0.25, 0.3) is 5.91 Å². The molecular weight excluding hydrogens is 248 g/mol. The number of carbonyl (C=O) groups excluding carboxylic acids is 2. The molecule has 1 heterocycles. The molecule has 3 unspecified atom stereocenters. The van der Waals surface area contributed by atoms with E-state index in [1.54, 1.807) is 0 Å². The first-order valence-corrected chi connectivity index (χ1v) is 6.34. The van der Waals surface area contributed by atoms with Crippen LogP contribution in [0.1, 0.15) is 27.2 Å². The Morgan fingerprint density at radius 1 is 1.47 bits per heavy atom. The summed E-state index contributed by atoms with van der Waals surface area (Å²) in [5.41, 5.74) is 0. The predicted molar refractivity (Wildman–Crippen MR) is 69.5 cm³/mol. The molecule has 1 N–H and O–H groups in total. The molecule has 6 heteroatoms. The van der Waals surface area contributed by atoms with E-state index in [0.29, 0.717) is 0 Å². The van der Waals surface area contributed by atoms with E-state index in [9.17, 15) is 14.4 Å². The first-order valence-electron chi connectivity index (χ1n) is 6.34. The van der Waals surface area contributed by atoms with E-state index in [2.05, 4.69) is 6.58 Å². The molecule has 6 nitrogen and oxygen atoms in total. The lowest BCUT2D eigenvalue weighted by Gasteiger charge is -2.24. The van der Waals surface area contributed by atoms with Crippen molar-refractivity contribution < 1.29 is 19.5 Å². The van der Waals surface area contributed by atoms with Gasteiger partial charge in [-0.1, -0.05) is 26.3 Å². The molecule has 0 aliphatic carbocycles. The second-order valence-electron chi connectivity index (χ2n) is 4.78. The number of amides is 3. The number of carboxylic acids is 1. The summed E-state index contributed by atoms with van der Waals surface area (Å²) in [6, 6.07) is -2.30. The molecule has 0 spiro atoms. The number of nitrogens with zero attached hydrogens (tertiary/aromatic N) is 2. The Hall–Kier alpha value is -1.85. The lowest BCUT2D eigenvalue weighted by molar-refractivity contribution is -0.146. The van der Waals surface area contributed by atoms with Crippen molar-refractivity contribution in [1.29, 1.82) is 0 Å². The Labute approximate surface area is 112 Å². The quantitative estimate of drug-likeness (QED) is 0.582. The molecule has 1 fully saturated rings. The number of imide groups is 1. The van der Waals surface area contributed by atoms with Gasteiger partial charge in [0.1, 0.15) is 12.1 Å². The molecule has 0 radical (unpaired) electrons. The van der Waals surface area contributed by atoms with Crippen molar-refractivity contribution in [3.8, 4) is 0 Å². The van der Waals surface area contributed by atoms with Gasteiger partial charge in [0.2, 0.25) is 0 Å². The third kappa shape index (κ3) is 2.62. The van der Waals surface area contributed by atoms with Gasteiger partial charge in [-0.15, -0.1) is 6.58 Å². The third-order valence-electron chi connectivity index (χ3n) is 3.53. The lowest BCUT2D eigenvalue weighted by atomic mass is 9.98. The number of hydrogen-bond acceptors (Lipinski definition) is 3. The van der Waals surface area contributed by atoms with E-state index in [4.69, 9.17) is 5.11 Å². The topological polar surface area (TPSA) is 77.9 Å². The molecule has 0 saturated carbocycles. The maximum Gasteiger partial charge on any atom is 0.328 e. The molecule has 0 bridgehead atoms. The Bertz CT molecular complexity index is 407. The Morgan fingerprint density at radius 3 is 2.47 bits per heavy atom. The molecule has 0 aromatic carbocycles. The van der Waals surface area contributed by atoms with Crippen LogP contribution < -0.4 is 0 Å². The molecule has 1 aliphatic heterocycles. The van der Waals surface area contributed by atoms with Crippen LogP contribution in [0.2, 0.25) is 0 Å². The van der Waals surface area contributed by atoms with E-state index in [1.165, 1.54) is 17.9 Å². The zero-order chi connectivity index (χ0) is 14.7. The summed E-state index contributed by atoms with van der Waals surface area (Å²) in [6.45, 7) is 8.95. The summed E-state index contributed by atoms with van der Waals surface area (Å²) >= 11 is 0. The van der Waals surface area contributed by atoms with Crippen LogP contribution in [0.15, 0.2) is 12.7 Å². The summed E-state index contributed by atoms with van der Waals surface area (Å²) in [5.74, 6) is -1.65. The fraction of sp³-hybridized carbons (Fsp3) is 0.615. The number of urea groups is 1. The van der Waals surface area contributed by atoms with Crippen LogP contribution in [-0.2, 0) is 9.59 Å². The van der Waals surface area contributed by atoms with Crippen molar-refractivity contribution in [2.45, 2.75) is 39.3 Å². The van der Waals surface area contributed by atoms with Crippen LogP contribution in [-0.4, -0.2) is 51.4 Å². The van der Waals surface area contributed by atoms with Crippen molar-refractivity contribution in [2.75, 3.05) is 6.54 Å². The van der Waals surface area contributed by atoms with E-state index in [-0.39, 0.29) is 12.5 Å². The number of hydrogen-bond donors (Lipinski definition) is 1. The fourth-order valence-corrected chi connectivity index (χ4v) is 2.20. The molecule has 0 aromatic heterocycles. The van der Waals surface area contributed by atoms with Crippen molar-refractivity contribution in [1.82, 2.24) is 9.80 Å². The van der Waals surface area contributed by atoms with Gasteiger partial charge < -0.3 is 10.0 Å². The molecule has 0 aromatic rings. The molecule has 3 amide bonds. The van der Waals surface area contributed by atoms with Crippen molar-refractivity contribution in [2.24, 2.45) is 5.92 Å². The van der Waals surface area contributed by atoms with E-state index < -0.39 is 30.0 Å². The van der Waals surface area contributed by atoms with Crippen LogP contribution in [0.4, 0.5) is 4.79 Å². The van der Waals surface area contributed by atoms with E-state index in [0.717, 1.165) is 11.3 Å². The third-order valence-corrected chi connectivity index (χ3v) is 3.53. The first-order chi connectivity index (χ1) is 8.86. The molecule has 1 aliphatic rings. The summed E-state index contributed by atoms with van der Waals surface area (Å²) < 4.78 is 0. The number of rotatable bonds is 6. The van der Waals surface area contributed by atoms with Crippen LogP contribution in [0, 0.1) is 5.92 Å². The van der Waals surface area contributed by atoms with E-state index >= 15 is 0 Å². The average Bonchev–Trinajstić information content (AvgIpc) is 2.60. The average molecular weight is 268 g/mol. The van der Waals surface area contributed by atoms with Gasteiger partial charge in [0.05, 0.1) is 0 Å². The highest BCUT2D eigenvalue weighted by Crippen LogP contribution is 2.27. The zero-order valence-electron chi connectivity index (χ0n) is 11.5. The van der Waals surface area contributed by atoms with Crippen LogP contribution >= 0.6 is 0 Å². The van der Waals surface area contributed by atoms with Gasteiger partial charge in [0.15, 0.2) is 0 Å². The number of aliphatic carboxylic acids is 1. The number of carbonyl (C=O) groups is 3. The first kappa shape index (κ1) is 15.2. The van der Waals surface area contributed by atoms with Crippen LogP contribution in [0.25, 0.3) is 0 Å². The van der Waals surface area contributed by atoms with Gasteiger partial charge in [-0.3, -0.25) is 4.79 Å². The van der Waals surface area contributed by atoms with Crippen LogP contribution in [0.3, 0.4) is 0 Å². The van der Waals surface area contributed by atoms with Gasteiger partial charge in [-0.05, 0) is 12.8 Å². The van der Waals surface area contributed by atoms with Gasteiger partial charge >= 0.3 is 12.0 Å². The van der Waals surface area contributed by atoms with Crippen molar-refractivity contribution in [3.63, 3.8) is 0 Å². The van der Waals surface area contributed by atoms with E-state index in [1.807, 2.05) is 13.8 Å². The monoisotopic (exact) mass is 268 g/mol. The standard InChI is InChI=1S/C13H20N2O4/c1-5-7-14-10(8(3)6-2)11(16)15(13(14)19)9(4)12(17)18/h5,8-10H,1,6-7H2,2-4H3,(H,17,18). The molecule has 106 valence electrons. The van der Waals surface area contributed by atoms with Crippen molar-refractivity contribution in [3.05, 3.63) is 12.7 Å². The minimum absolute atomic E-state index is 0.0256. The molecular formula is C13H20N2O4. The molecule has 1 saturated heterocycles. The summed E-state index contributed by atoms with van der Waals surface area (Å²) in [6.07, 6.45) is 2.27. The number of carboxylic acid groups (broad SMARTS) is 1. The summed E-state index contributed by atoms with van der Waals surface area (Å²) in [7, 11) is 0. The normalized spacial score (nSPS) is 22.6. The second-order valence-corrected chi connectivity index (χ2v) is 4.78. The maximum atomic E-state index is 12.3.